The predicted octanol–water partition coefficient (Wildman–Crippen LogP) is 2.38. The molecule has 148 valence electrons. The van der Waals surface area contributed by atoms with Crippen molar-refractivity contribution in [2.24, 2.45) is 5.92 Å². The summed E-state index contributed by atoms with van der Waals surface area (Å²) in [5, 5.41) is 2.68. The summed E-state index contributed by atoms with van der Waals surface area (Å²) < 4.78 is 11.0. The molecule has 1 saturated heterocycles. The standard InChI is InChI=1S/C19H25BrN2O5/c1-12(2)6-9-27-16-5-4-13(10-14(16)20)19(25)22-8-7-21-18(24)15(22)11-17(23)26-3/h4-5,10,12,15H,6-9,11H2,1-3H3,(H,21,24). The average molecular weight is 441 g/mol. The lowest BCUT2D eigenvalue weighted by atomic mass is 10.1. The van der Waals surface area contributed by atoms with E-state index < -0.39 is 12.0 Å². The first kappa shape index (κ1) is 21.2. The van der Waals surface area contributed by atoms with E-state index in [1.165, 1.54) is 12.0 Å². The van der Waals surface area contributed by atoms with E-state index in [0.29, 0.717) is 41.4 Å². The van der Waals surface area contributed by atoms with Crippen molar-refractivity contribution in [3.63, 3.8) is 0 Å². The number of ether oxygens (including phenoxy) is 2. The Morgan fingerprint density at radius 2 is 2.11 bits per heavy atom. The monoisotopic (exact) mass is 440 g/mol. The van der Waals surface area contributed by atoms with Crippen molar-refractivity contribution in [3.05, 3.63) is 28.2 Å². The van der Waals surface area contributed by atoms with Crippen molar-refractivity contribution in [2.75, 3.05) is 26.8 Å². The van der Waals surface area contributed by atoms with Gasteiger partial charge >= 0.3 is 5.97 Å². The zero-order chi connectivity index (χ0) is 20.0. The highest BCUT2D eigenvalue weighted by molar-refractivity contribution is 9.10. The van der Waals surface area contributed by atoms with Gasteiger partial charge in [-0.25, -0.2) is 0 Å². The minimum absolute atomic E-state index is 0.175. The number of halogens is 1. The van der Waals surface area contributed by atoms with Crippen LogP contribution in [0, 0.1) is 5.92 Å². The first-order valence-electron chi connectivity index (χ1n) is 8.91. The molecular weight excluding hydrogens is 416 g/mol. The highest BCUT2D eigenvalue weighted by atomic mass is 79.9. The predicted molar refractivity (Wildman–Crippen MR) is 104 cm³/mol. The minimum atomic E-state index is -0.876. The van der Waals surface area contributed by atoms with E-state index in [0.717, 1.165) is 6.42 Å². The topological polar surface area (TPSA) is 84.9 Å². The van der Waals surface area contributed by atoms with E-state index in [1.807, 2.05) is 0 Å². The third-order valence-corrected chi connectivity index (χ3v) is 4.93. The van der Waals surface area contributed by atoms with Gasteiger partial charge in [0.2, 0.25) is 5.91 Å². The molecule has 1 atom stereocenters. The molecule has 27 heavy (non-hydrogen) atoms. The summed E-state index contributed by atoms with van der Waals surface area (Å²) in [4.78, 5) is 38.1. The molecule has 2 rings (SSSR count). The van der Waals surface area contributed by atoms with E-state index in [9.17, 15) is 14.4 Å². The van der Waals surface area contributed by atoms with Crippen LogP contribution in [0.1, 0.15) is 37.0 Å². The molecule has 7 nitrogen and oxygen atoms in total. The number of carbonyl (C=O) groups is 3. The van der Waals surface area contributed by atoms with Gasteiger partial charge < -0.3 is 19.7 Å². The SMILES string of the molecule is COC(=O)CC1C(=O)NCCN1C(=O)c1ccc(OCCC(C)C)c(Br)c1. The van der Waals surface area contributed by atoms with Gasteiger partial charge in [0.25, 0.3) is 5.91 Å². The number of carbonyl (C=O) groups excluding carboxylic acids is 3. The first-order valence-corrected chi connectivity index (χ1v) is 9.70. The second-order valence-electron chi connectivity index (χ2n) is 6.76. The number of nitrogens with zero attached hydrogens (tertiary/aromatic N) is 1. The molecule has 0 aliphatic carbocycles. The number of rotatable bonds is 7. The first-order chi connectivity index (χ1) is 12.8. The minimum Gasteiger partial charge on any atom is -0.492 e. The van der Waals surface area contributed by atoms with Crippen molar-refractivity contribution in [1.29, 1.82) is 0 Å². The Morgan fingerprint density at radius 3 is 2.74 bits per heavy atom. The van der Waals surface area contributed by atoms with Gasteiger partial charge in [-0.05, 0) is 46.5 Å². The van der Waals surface area contributed by atoms with Gasteiger partial charge in [-0.1, -0.05) is 13.8 Å². The van der Waals surface area contributed by atoms with E-state index in [4.69, 9.17) is 4.74 Å². The summed E-state index contributed by atoms with van der Waals surface area (Å²) >= 11 is 3.44. The lowest BCUT2D eigenvalue weighted by Gasteiger charge is -2.34. The normalized spacial score (nSPS) is 16.9. The van der Waals surface area contributed by atoms with Gasteiger partial charge in [-0.3, -0.25) is 14.4 Å². The van der Waals surface area contributed by atoms with Crippen molar-refractivity contribution in [2.45, 2.75) is 32.7 Å². The maximum atomic E-state index is 12.9. The summed E-state index contributed by atoms with van der Waals surface area (Å²) in [5.74, 6) is 0.00198. The molecule has 0 bridgehead atoms. The van der Waals surface area contributed by atoms with Gasteiger partial charge in [0.1, 0.15) is 11.8 Å². The highest BCUT2D eigenvalue weighted by Crippen LogP contribution is 2.27. The Balaban J connectivity index is 2.13. The molecule has 1 N–H and O–H groups in total. The van der Waals surface area contributed by atoms with Crippen LogP contribution in [0.3, 0.4) is 0 Å². The lowest BCUT2D eigenvalue weighted by Crippen LogP contribution is -2.57. The number of benzene rings is 1. The molecule has 1 aromatic rings. The molecule has 1 aliphatic rings. The van der Waals surface area contributed by atoms with Crippen LogP contribution in [-0.2, 0) is 14.3 Å². The molecule has 1 fully saturated rings. The van der Waals surface area contributed by atoms with Gasteiger partial charge in [-0.2, -0.15) is 0 Å². The summed E-state index contributed by atoms with van der Waals surface area (Å²) in [6, 6.07) is 4.20. The van der Waals surface area contributed by atoms with Crippen molar-refractivity contribution >= 4 is 33.7 Å². The van der Waals surface area contributed by atoms with E-state index in [1.54, 1.807) is 18.2 Å². The van der Waals surface area contributed by atoms with Gasteiger partial charge in [0.15, 0.2) is 0 Å². The van der Waals surface area contributed by atoms with Gasteiger partial charge in [0, 0.05) is 18.7 Å². The van der Waals surface area contributed by atoms with Crippen LogP contribution in [0.15, 0.2) is 22.7 Å². The number of piperazine rings is 1. The van der Waals surface area contributed by atoms with E-state index in [-0.39, 0.29) is 18.2 Å². The molecule has 1 aliphatic heterocycles. The zero-order valence-electron chi connectivity index (χ0n) is 15.8. The van der Waals surface area contributed by atoms with Gasteiger partial charge in [0.05, 0.1) is 24.6 Å². The summed E-state index contributed by atoms with van der Waals surface area (Å²) in [5.41, 5.74) is 0.419. The number of nitrogens with one attached hydrogen (secondary N) is 1. The van der Waals surface area contributed by atoms with Gasteiger partial charge in [-0.15, -0.1) is 0 Å². The van der Waals surface area contributed by atoms with Crippen molar-refractivity contribution in [3.8, 4) is 5.75 Å². The highest BCUT2D eigenvalue weighted by Gasteiger charge is 2.35. The molecule has 0 spiro atoms. The third-order valence-electron chi connectivity index (χ3n) is 4.31. The molecule has 1 unspecified atom stereocenters. The van der Waals surface area contributed by atoms with Crippen LogP contribution in [-0.4, -0.2) is 55.5 Å². The summed E-state index contributed by atoms with van der Waals surface area (Å²) in [7, 11) is 1.25. The molecule has 2 amide bonds. The fourth-order valence-electron chi connectivity index (χ4n) is 2.72. The van der Waals surface area contributed by atoms with Crippen LogP contribution in [0.4, 0.5) is 0 Å². The lowest BCUT2D eigenvalue weighted by molar-refractivity contribution is -0.145. The summed E-state index contributed by atoms with van der Waals surface area (Å²) in [6.07, 6.45) is 0.761. The largest absolute Gasteiger partial charge is 0.492 e. The van der Waals surface area contributed by atoms with E-state index in [2.05, 4.69) is 39.8 Å². The molecule has 8 heteroatoms. The van der Waals surface area contributed by atoms with Crippen LogP contribution in [0.5, 0.6) is 5.75 Å². The molecular formula is C19H25BrN2O5. The number of amides is 2. The molecule has 0 aromatic heterocycles. The molecule has 1 aromatic carbocycles. The maximum absolute atomic E-state index is 12.9. The molecule has 0 radical (unpaired) electrons. The van der Waals surface area contributed by atoms with Crippen molar-refractivity contribution < 1.29 is 23.9 Å². The second kappa shape index (κ2) is 9.73. The van der Waals surface area contributed by atoms with E-state index >= 15 is 0 Å². The Hall–Kier alpha value is -2.09. The second-order valence-corrected chi connectivity index (χ2v) is 7.62. The van der Waals surface area contributed by atoms with Crippen molar-refractivity contribution in [1.82, 2.24) is 10.2 Å². The van der Waals surface area contributed by atoms with Crippen LogP contribution < -0.4 is 10.1 Å². The molecule has 1 heterocycles. The fourth-order valence-corrected chi connectivity index (χ4v) is 3.22. The quantitative estimate of drug-likeness (QED) is 0.657. The Labute approximate surface area is 167 Å². The number of hydrogen-bond acceptors (Lipinski definition) is 5. The molecule has 0 saturated carbocycles. The fraction of sp³-hybridized carbons (Fsp3) is 0.526. The number of esters is 1. The average Bonchev–Trinajstić information content (AvgIpc) is 2.63. The Bertz CT molecular complexity index is 707. The Kier molecular flexibility index (Phi) is 7.65. The smallest absolute Gasteiger partial charge is 0.308 e. The van der Waals surface area contributed by atoms with Crippen LogP contribution in [0.2, 0.25) is 0 Å². The maximum Gasteiger partial charge on any atom is 0.308 e. The van der Waals surface area contributed by atoms with Crippen LogP contribution in [0.25, 0.3) is 0 Å². The van der Waals surface area contributed by atoms with Crippen LogP contribution >= 0.6 is 15.9 Å². The third kappa shape index (κ3) is 5.69. The Morgan fingerprint density at radius 1 is 1.37 bits per heavy atom. The number of methoxy groups -OCH3 is 1. The zero-order valence-corrected chi connectivity index (χ0v) is 17.4. The summed E-state index contributed by atoms with van der Waals surface area (Å²) in [6.45, 7) is 5.52. The number of hydrogen-bond donors (Lipinski definition) is 1.